The molecule has 1 aromatic heterocycles. The van der Waals surface area contributed by atoms with Crippen LogP contribution in [-0.2, 0) is 20.9 Å². The smallest absolute Gasteiger partial charge is 0.403 e. The van der Waals surface area contributed by atoms with Crippen molar-refractivity contribution in [3.05, 3.63) is 53.3 Å². The molecule has 3 aliphatic rings. The molecule has 1 atom stereocenters. The summed E-state index contributed by atoms with van der Waals surface area (Å²) in [6, 6.07) is 6.87. The van der Waals surface area contributed by atoms with Gasteiger partial charge in [0, 0.05) is 37.8 Å². The summed E-state index contributed by atoms with van der Waals surface area (Å²) in [5.74, 6) is -4.17. The first kappa shape index (κ1) is 28.6. The van der Waals surface area contributed by atoms with Gasteiger partial charge < -0.3 is 19.6 Å². The van der Waals surface area contributed by atoms with Crippen LogP contribution in [0, 0.1) is 16.7 Å². The van der Waals surface area contributed by atoms with E-state index in [0.717, 1.165) is 4.90 Å². The number of amides is 2. The maximum absolute atomic E-state index is 13.4. The number of hydrogen-bond donors (Lipinski definition) is 1. The Morgan fingerprint density at radius 1 is 1.05 bits per heavy atom. The Morgan fingerprint density at radius 3 is 2.27 bits per heavy atom. The van der Waals surface area contributed by atoms with Gasteiger partial charge in [-0.2, -0.15) is 18.3 Å². The third-order valence-corrected chi connectivity index (χ3v) is 8.08. The molecule has 1 aliphatic carbocycles. The topological polar surface area (TPSA) is 122 Å². The van der Waals surface area contributed by atoms with Gasteiger partial charge in [-0.15, -0.1) is 0 Å². The zero-order chi connectivity index (χ0) is 30.0. The second-order valence-electron chi connectivity index (χ2n) is 12.3. The first-order valence-corrected chi connectivity index (χ1v) is 13.3. The Hall–Kier alpha value is -3.90. The maximum Gasteiger partial charge on any atom is 0.403 e. The number of nitrogens with zero attached hydrogens (tertiary/aromatic N) is 4. The molecule has 2 saturated heterocycles. The normalized spacial score (nSPS) is 21.0. The van der Waals surface area contributed by atoms with Crippen molar-refractivity contribution < 1.29 is 42.2 Å². The van der Waals surface area contributed by atoms with Crippen molar-refractivity contribution in [2.75, 3.05) is 26.2 Å². The van der Waals surface area contributed by atoms with Crippen LogP contribution in [0.5, 0.6) is 0 Å². The molecule has 220 valence electrons. The minimum absolute atomic E-state index is 0.00173. The predicted molar refractivity (Wildman–Crippen MR) is 137 cm³/mol. The highest BCUT2D eigenvalue weighted by Gasteiger charge is 2.71. The molecule has 2 aromatic rings. The Bertz CT molecular complexity index is 1400. The van der Waals surface area contributed by atoms with Crippen LogP contribution in [0.15, 0.2) is 36.7 Å². The van der Waals surface area contributed by atoms with Gasteiger partial charge in [-0.25, -0.2) is 4.79 Å². The van der Waals surface area contributed by atoms with E-state index in [0.29, 0.717) is 11.1 Å². The summed E-state index contributed by atoms with van der Waals surface area (Å²) in [6.45, 7) is 5.04. The van der Waals surface area contributed by atoms with E-state index < -0.39 is 52.3 Å². The van der Waals surface area contributed by atoms with Crippen LogP contribution in [0.25, 0.3) is 0 Å². The lowest BCUT2D eigenvalue weighted by atomic mass is 9.71. The number of hydrogen-bond acceptors (Lipinski definition) is 6. The summed E-state index contributed by atoms with van der Waals surface area (Å²) in [5, 5.41) is 14.1. The summed E-state index contributed by atoms with van der Waals surface area (Å²) in [5.41, 5.74) is -2.87. The van der Waals surface area contributed by atoms with Gasteiger partial charge in [0.1, 0.15) is 11.0 Å². The molecule has 3 fully saturated rings. The molecule has 2 amide bonds. The Balaban J connectivity index is 1.27. The summed E-state index contributed by atoms with van der Waals surface area (Å²) < 4.78 is 47.3. The maximum atomic E-state index is 13.4. The molecule has 0 bridgehead atoms. The molecule has 1 saturated carbocycles. The Labute approximate surface area is 234 Å². The molecular weight excluding hydrogens is 545 g/mol. The fourth-order valence-electron chi connectivity index (χ4n) is 5.80. The van der Waals surface area contributed by atoms with Crippen molar-refractivity contribution in [1.82, 2.24) is 19.6 Å². The summed E-state index contributed by atoms with van der Waals surface area (Å²) in [7, 11) is 0. The lowest BCUT2D eigenvalue weighted by Crippen LogP contribution is -2.65. The highest BCUT2D eigenvalue weighted by atomic mass is 19.4. The standard InChI is InChI=1S/C28H31F3N4O6/c1-25(2,3)41-23(39)19-7-5-4-6-17(19)11-35-12-18(10-32-35)21(36)33-13-20(22(37)38)26(14-33)15-34(16-26)24(40)27(8-9-27)28(29,30)31/h4-7,10,12,20H,8-9,11,13-16H2,1-3H3,(H,37,38)/t20-/m0/s1. The van der Waals surface area contributed by atoms with Crippen LogP contribution in [0.1, 0.15) is 59.9 Å². The molecule has 2 aliphatic heterocycles. The third-order valence-electron chi connectivity index (χ3n) is 8.08. The third kappa shape index (κ3) is 5.17. The van der Waals surface area contributed by atoms with E-state index in [9.17, 15) is 37.5 Å². The summed E-state index contributed by atoms with van der Waals surface area (Å²) in [6.07, 6.45) is -2.35. The zero-order valence-electron chi connectivity index (χ0n) is 22.9. The van der Waals surface area contributed by atoms with E-state index in [1.807, 2.05) is 0 Å². The molecular formula is C28H31F3N4O6. The van der Waals surface area contributed by atoms with Crippen LogP contribution in [0.2, 0.25) is 0 Å². The van der Waals surface area contributed by atoms with Gasteiger partial charge >= 0.3 is 18.1 Å². The van der Waals surface area contributed by atoms with Crippen molar-refractivity contribution >= 4 is 23.8 Å². The number of carbonyl (C=O) groups is 4. The van der Waals surface area contributed by atoms with Crippen molar-refractivity contribution in [2.45, 2.75) is 51.9 Å². The van der Waals surface area contributed by atoms with Crippen LogP contribution in [-0.4, -0.2) is 86.4 Å². The van der Waals surface area contributed by atoms with Crippen LogP contribution < -0.4 is 0 Å². The molecule has 13 heteroatoms. The SMILES string of the molecule is CC(C)(C)OC(=O)c1ccccc1Cn1cc(C(=O)N2C[C@@H](C(=O)O)C3(C2)CN(C(=O)C2(C(F)(F)F)CC2)C3)cn1. The first-order chi connectivity index (χ1) is 19.1. The number of carboxylic acid groups (broad SMARTS) is 1. The average Bonchev–Trinajstić information content (AvgIpc) is 3.39. The zero-order valence-corrected chi connectivity index (χ0v) is 22.9. The van der Waals surface area contributed by atoms with Gasteiger partial charge in [0.05, 0.1) is 29.8 Å². The molecule has 3 heterocycles. The van der Waals surface area contributed by atoms with E-state index in [4.69, 9.17) is 4.74 Å². The first-order valence-electron chi connectivity index (χ1n) is 13.3. The van der Waals surface area contributed by atoms with Crippen LogP contribution >= 0.6 is 0 Å². The largest absolute Gasteiger partial charge is 0.481 e. The number of ether oxygens (including phenoxy) is 1. The second kappa shape index (κ2) is 9.59. The van der Waals surface area contributed by atoms with Crippen LogP contribution in [0.4, 0.5) is 13.2 Å². The second-order valence-corrected chi connectivity index (χ2v) is 12.3. The van der Waals surface area contributed by atoms with Crippen molar-refractivity contribution in [3.63, 3.8) is 0 Å². The predicted octanol–water partition coefficient (Wildman–Crippen LogP) is 3.21. The molecule has 10 nitrogen and oxygen atoms in total. The number of carbonyl (C=O) groups excluding carboxylic acids is 3. The monoisotopic (exact) mass is 576 g/mol. The quantitative estimate of drug-likeness (QED) is 0.524. The number of aromatic nitrogens is 2. The average molecular weight is 577 g/mol. The number of carboxylic acids is 1. The van der Waals surface area contributed by atoms with Crippen LogP contribution in [0.3, 0.4) is 0 Å². The van der Waals surface area contributed by atoms with E-state index in [2.05, 4.69) is 5.10 Å². The molecule has 1 spiro atoms. The minimum atomic E-state index is -4.65. The van der Waals surface area contributed by atoms with E-state index >= 15 is 0 Å². The van der Waals surface area contributed by atoms with E-state index in [-0.39, 0.29) is 51.1 Å². The molecule has 0 radical (unpaired) electrons. The number of alkyl halides is 3. The van der Waals surface area contributed by atoms with E-state index in [1.165, 1.54) is 22.0 Å². The van der Waals surface area contributed by atoms with Crippen molar-refractivity contribution in [3.8, 4) is 0 Å². The fourth-order valence-corrected chi connectivity index (χ4v) is 5.80. The molecule has 0 unspecified atom stereocenters. The van der Waals surface area contributed by atoms with Gasteiger partial charge in [0.2, 0.25) is 5.91 Å². The lowest BCUT2D eigenvalue weighted by Gasteiger charge is -2.50. The number of esters is 1. The fraction of sp³-hybridized carbons (Fsp3) is 0.536. The number of rotatable bonds is 6. The number of aliphatic carboxylic acids is 1. The summed E-state index contributed by atoms with van der Waals surface area (Å²) >= 11 is 0. The molecule has 1 aromatic carbocycles. The highest BCUT2D eigenvalue weighted by molar-refractivity contribution is 5.95. The molecule has 41 heavy (non-hydrogen) atoms. The van der Waals surface area contributed by atoms with Gasteiger partial charge in [0.15, 0.2) is 0 Å². The Morgan fingerprint density at radius 2 is 1.68 bits per heavy atom. The Kier molecular flexibility index (Phi) is 6.69. The van der Waals surface area contributed by atoms with Gasteiger partial charge in [0.25, 0.3) is 5.91 Å². The molecule has 5 rings (SSSR count). The number of halogens is 3. The lowest BCUT2D eigenvalue weighted by molar-refractivity contribution is -0.206. The number of likely N-dealkylation sites (tertiary alicyclic amines) is 2. The van der Waals surface area contributed by atoms with Crippen molar-refractivity contribution in [1.29, 1.82) is 0 Å². The van der Waals surface area contributed by atoms with Gasteiger partial charge in [-0.3, -0.25) is 19.1 Å². The van der Waals surface area contributed by atoms with Gasteiger partial charge in [-0.1, -0.05) is 18.2 Å². The van der Waals surface area contributed by atoms with E-state index in [1.54, 1.807) is 45.0 Å². The van der Waals surface area contributed by atoms with Crippen molar-refractivity contribution in [2.24, 2.45) is 16.7 Å². The molecule has 1 N–H and O–H groups in total. The van der Waals surface area contributed by atoms with Gasteiger partial charge in [-0.05, 0) is 45.2 Å². The number of benzene rings is 1. The highest BCUT2D eigenvalue weighted by Crippen LogP contribution is 2.60. The minimum Gasteiger partial charge on any atom is -0.481 e. The summed E-state index contributed by atoms with van der Waals surface area (Å²) in [4.78, 5) is 53.1.